The molecule has 0 bridgehead atoms. The molecule has 4 rings (SSSR count). The first kappa shape index (κ1) is 19.1. The third-order valence-electron chi connectivity index (χ3n) is 5.08. The van der Waals surface area contributed by atoms with Gasteiger partial charge in [0.2, 0.25) is 11.8 Å². The highest BCUT2D eigenvalue weighted by molar-refractivity contribution is 7.91. The van der Waals surface area contributed by atoms with Crippen LogP contribution in [0.15, 0.2) is 40.6 Å². The molecule has 0 unspecified atom stereocenters. The fourth-order valence-electron chi connectivity index (χ4n) is 3.69. The number of rotatable bonds is 3. The number of carbonyl (C=O) groups excluding carboxylic acids is 2. The smallest absolute Gasteiger partial charge is 0.252 e. The van der Waals surface area contributed by atoms with E-state index in [9.17, 15) is 18.0 Å². The Bertz CT molecular complexity index is 1030. The molecule has 1 aromatic heterocycles. The maximum absolute atomic E-state index is 13.2. The van der Waals surface area contributed by atoms with Gasteiger partial charge in [-0.2, -0.15) is 4.31 Å². The zero-order valence-corrected chi connectivity index (χ0v) is 17.1. The van der Waals surface area contributed by atoms with Crippen LogP contribution in [0.1, 0.15) is 17.7 Å². The molecule has 148 valence electrons. The number of anilines is 2. The summed E-state index contributed by atoms with van der Waals surface area (Å²) >= 11 is 1.24. The first-order valence-corrected chi connectivity index (χ1v) is 11.4. The summed E-state index contributed by atoms with van der Waals surface area (Å²) in [5, 5.41) is 2.77. The van der Waals surface area contributed by atoms with Crippen molar-refractivity contribution in [1.29, 1.82) is 0 Å². The molecule has 0 saturated carbocycles. The molecule has 1 fully saturated rings. The quantitative estimate of drug-likeness (QED) is 0.828. The molecule has 3 heterocycles. The van der Waals surface area contributed by atoms with Crippen LogP contribution in [0.5, 0.6) is 0 Å². The number of nitrogens with one attached hydrogen (secondary N) is 1. The van der Waals surface area contributed by atoms with Gasteiger partial charge in [-0.1, -0.05) is 12.1 Å². The Hall–Kier alpha value is -2.23. The van der Waals surface area contributed by atoms with Gasteiger partial charge in [0, 0.05) is 18.0 Å². The third-order valence-corrected chi connectivity index (χ3v) is 8.41. The Balaban J connectivity index is 1.57. The molecular formula is C19H21N3O4S2. The predicted molar refractivity (Wildman–Crippen MR) is 108 cm³/mol. The van der Waals surface area contributed by atoms with Gasteiger partial charge in [0.05, 0.1) is 17.3 Å². The summed E-state index contributed by atoms with van der Waals surface area (Å²) in [5.41, 5.74) is 1.25. The number of hydrogen-bond acceptors (Lipinski definition) is 5. The molecule has 1 N–H and O–H groups in total. The van der Waals surface area contributed by atoms with Crippen molar-refractivity contribution < 1.29 is 18.0 Å². The fraction of sp³-hybridized carbons (Fsp3) is 0.368. The first-order valence-electron chi connectivity index (χ1n) is 9.13. The average Bonchev–Trinajstić information content (AvgIpc) is 3.14. The second-order valence-electron chi connectivity index (χ2n) is 7.06. The number of nitrogens with zero attached hydrogens (tertiary/aromatic N) is 2. The van der Waals surface area contributed by atoms with Crippen LogP contribution in [0.4, 0.5) is 11.4 Å². The number of piperidine rings is 1. The van der Waals surface area contributed by atoms with E-state index >= 15 is 0 Å². The van der Waals surface area contributed by atoms with Crippen molar-refractivity contribution in [2.45, 2.75) is 24.0 Å². The number of hydrogen-bond donors (Lipinski definition) is 1. The van der Waals surface area contributed by atoms with Crippen LogP contribution in [0.3, 0.4) is 0 Å². The van der Waals surface area contributed by atoms with E-state index in [1.165, 1.54) is 20.5 Å². The van der Waals surface area contributed by atoms with Gasteiger partial charge >= 0.3 is 0 Å². The third kappa shape index (κ3) is 3.45. The lowest BCUT2D eigenvalue weighted by Crippen LogP contribution is -2.50. The molecule has 28 heavy (non-hydrogen) atoms. The van der Waals surface area contributed by atoms with Crippen LogP contribution in [0.25, 0.3) is 0 Å². The fourth-order valence-corrected chi connectivity index (χ4v) is 6.65. The molecule has 2 aliphatic rings. The first-order chi connectivity index (χ1) is 13.4. The molecule has 2 aromatic rings. The zero-order chi connectivity index (χ0) is 19.9. The number of carbonyl (C=O) groups is 2. The largest absolute Gasteiger partial charge is 0.323 e. The summed E-state index contributed by atoms with van der Waals surface area (Å²) in [7, 11) is -3.61. The minimum Gasteiger partial charge on any atom is -0.323 e. The molecule has 1 aromatic carbocycles. The maximum Gasteiger partial charge on any atom is 0.252 e. The van der Waals surface area contributed by atoms with E-state index in [1.54, 1.807) is 30.3 Å². The van der Waals surface area contributed by atoms with Crippen molar-refractivity contribution in [3.8, 4) is 0 Å². The molecule has 9 heteroatoms. The topological polar surface area (TPSA) is 86.8 Å². The standard InChI is InChI=1S/C19H21N3O4S2/c1-13-8-9-18(27-13)28(25,26)21-10-4-5-14(11-21)19(24)22-12-17(23)20-15-6-2-3-7-16(15)22/h2-3,6-9,14H,4-5,10-12H2,1H3,(H,20,23)/t14-/m0/s1. The maximum atomic E-state index is 13.2. The van der Waals surface area contributed by atoms with Gasteiger partial charge in [-0.25, -0.2) is 8.42 Å². The second kappa shape index (κ2) is 7.31. The van der Waals surface area contributed by atoms with Crippen LogP contribution in [0, 0.1) is 12.8 Å². The minimum atomic E-state index is -3.61. The van der Waals surface area contributed by atoms with Crippen LogP contribution in [0.2, 0.25) is 0 Å². The Morgan fingerprint density at radius 3 is 2.75 bits per heavy atom. The number of thiophene rings is 1. The predicted octanol–water partition coefficient (Wildman–Crippen LogP) is 2.44. The van der Waals surface area contributed by atoms with E-state index in [1.807, 2.05) is 13.0 Å². The second-order valence-corrected chi connectivity index (χ2v) is 10.5. The molecule has 0 aliphatic carbocycles. The van der Waals surface area contributed by atoms with Gasteiger partial charge in [0.25, 0.3) is 10.0 Å². The van der Waals surface area contributed by atoms with Crippen LogP contribution >= 0.6 is 11.3 Å². The Morgan fingerprint density at radius 2 is 2.00 bits per heavy atom. The van der Waals surface area contributed by atoms with E-state index < -0.39 is 15.9 Å². The molecule has 1 atom stereocenters. The van der Waals surface area contributed by atoms with E-state index in [0.29, 0.717) is 35.0 Å². The van der Waals surface area contributed by atoms with Gasteiger partial charge in [0.1, 0.15) is 10.8 Å². The lowest BCUT2D eigenvalue weighted by Gasteiger charge is -2.36. The summed E-state index contributed by atoms with van der Waals surface area (Å²) in [6.07, 6.45) is 1.22. The highest BCUT2D eigenvalue weighted by Gasteiger charge is 2.37. The van der Waals surface area contributed by atoms with Crippen molar-refractivity contribution in [2.24, 2.45) is 5.92 Å². The number of para-hydroxylation sites is 2. The highest BCUT2D eigenvalue weighted by atomic mass is 32.2. The van der Waals surface area contributed by atoms with Crippen LogP contribution in [-0.2, 0) is 19.6 Å². The Labute approximate surface area is 168 Å². The molecule has 1 saturated heterocycles. The van der Waals surface area contributed by atoms with E-state index in [4.69, 9.17) is 0 Å². The van der Waals surface area contributed by atoms with Gasteiger partial charge in [-0.05, 0) is 44.0 Å². The Kier molecular flexibility index (Phi) is 4.98. The van der Waals surface area contributed by atoms with Crippen molar-refractivity contribution in [1.82, 2.24) is 4.31 Å². The van der Waals surface area contributed by atoms with E-state index in [-0.39, 0.29) is 24.9 Å². The molecular weight excluding hydrogens is 398 g/mol. The van der Waals surface area contributed by atoms with Gasteiger partial charge in [0.15, 0.2) is 0 Å². The highest BCUT2D eigenvalue weighted by Crippen LogP contribution is 2.33. The summed E-state index contributed by atoms with van der Waals surface area (Å²) in [4.78, 5) is 27.6. The van der Waals surface area contributed by atoms with Crippen LogP contribution in [-0.4, -0.2) is 44.2 Å². The van der Waals surface area contributed by atoms with Crippen molar-refractivity contribution in [3.63, 3.8) is 0 Å². The lowest BCUT2D eigenvalue weighted by molar-refractivity contribution is -0.125. The van der Waals surface area contributed by atoms with E-state index in [2.05, 4.69) is 5.32 Å². The average molecular weight is 420 g/mol. The number of amides is 2. The molecule has 2 amide bonds. The van der Waals surface area contributed by atoms with Crippen LogP contribution < -0.4 is 10.2 Å². The number of aryl methyl sites for hydroxylation is 1. The number of fused-ring (bicyclic) bond motifs is 1. The SMILES string of the molecule is Cc1ccc(S(=O)(=O)N2CCC[C@H](C(=O)N3CC(=O)Nc4ccccc43)C2)s1. The van der Waals surface area contributed by atoms with Crippen molar-refractivity contribution in [3.05, 3.63) is 41.3 Å². The number of benzene rings is 1. The Morgan fingerprint density at radius 1 is 1.21 bits per heavy atom. The summed E-state index contributed by atoms with van der Waals surface area (Å²) in [6.45, 7) is 2.35. The van der Waals surface area contributed by atoms with Gasteiger partial charge < -0.3 is 10.2 Å². The summed E-state index contributed by atoms with van der Waals surface area (Å²) in [6, 6.07) is 10.6. The zero-order valence-electron chi connectivity index (χ0n) is 15.4. The van der Waals surface area contributed by atoms with Gasteiger partial charge in [-0.15, -0.1) is 11.3 Å². The summed E-state index contributed by atoms with van der Waals surface area (Å²) < 4.78 is 27.6. The summed E-state index contributed by atoms with van der Waals surface area (Å²) in [5.74, 6) is -0.922. The number of sulfonamides is 1. The molecule has 2 aliphatic heterocycles. The van der Waals surface area contributed by atoms with E-state index in [0.717, 1.165) is 4.88 Å². The van der Waals surface area contributed by atoms with Gasteiger partial charge in [-0.3, -0.25) is 9.59 Å². The molecule has 0 spiro atoms. The van der Waals surface area contributed by atoms with Crippen molar-refractivity contribution in [2.75, 3.05) is 29.9 Å². The van der Waals surface area contributed by atoms with Crippen molar-refractivity contribution >= 4 is 44.5 Å². The minimum absolute atomic E-state index is 0.0524. The molecule has 7 nitrogen and oxygen atoms in total. The molecule has 0 radical (unpaired) electrons. The normalized spacial score (nSPS) is 20.5. The lowest BCUT2D eigenvalue weighted by atomic mass is 9.97. The monoisotopic (exact) mass is 419 g/mol.